The van der Waals surface area contributed by atoms with E-state index in [1.54, 1.807) is 43.4 Å². The van der Waals surface area contributed by atoms with Crippen LogP contribution >= 0.6 is 11.3 Å². The third-order valence-corrected chi connectivity index (χ3v) is 4.47. The Morgan fingerprint density at radius 1 is 1.16 bits per heavy atom. The van der Waals surface area contributed by atoms with Crippen molar-refractivity contribution in [1.29, 1.82) is 0 Å². The van der Waals surface area contributed by atoms with Crippen LogP contribution in [0.5, 0.6) is 0 Å². The molecule has 0 saturated carbocycles. The van der Waals surface area contributed by atoms with Gasteiger partial charge in [-0.25, -0.2) is 4.39 Å². The summed E-state index contributed by atoms with van der Waals surface area (Å²) >= 11 is 1.18. The zero-order valence-electron chi connectivity index (χ0n) is 13.4. The molecule has 3 aromatic rings. The van der Waals surface area contributed by atoms with E-state index in [1.807, 2.05) is 0 Å². The van der Waals surface area contributed by atoms with Crippen molar-refractivity contribution in [2.45, 2.75) is 6.54 Å². The normalized spacial score (nSPS) is 10.5. The third kappa shape index (κ3) is 4.13. The molecule has 0 fully saturated rings. The lowest BCUT2D eigenvalue weighted by molar-refractivity contribution is 0.0789. The van der Waals surface area contributed by atoms with Gasteiger partial charge in [-0.3, -0.25) is 9.59 Å². The fourth-order valence-corrected chi connectivity index (χ4v) is 3.12. The molecule has 0 atom stereocenters. The highest BCUT2D eigenvalue weighted by Gasteiger charge is 2.16. The molecule has 1 N–H and O–H groups in total. The molecule has 0 bridgehead atoms. The van der Waals surface area contributed by atoms with Gasteiger partial charge in [-0.1, -0.05) is 12.1 Å². The number of benzene rings is 1. The van der Waals surface area contributed by atoms with Crippen molar-refractivity contribution in [2.75, 3.05) is 12.4 Å². The Morgan fingerprint density at radius 2 is 1.92 bits per heavy atom. The summed E-state index contributed by atoms with van der Waals surface area (Å²) in [5, 5.41) is 3.24. The quantitative estimate of drug-likeness (QED) is 0.750. The molecule has 2 aromatic heterocycles. The Balaban J connectivity index is 1.63. The van der Waals surface area contributed by atoms with Crippen molar-refractivity contribution >= 4 is 28.2 Å². The first kappa shape index (κ1) is 16.9. The van der Waals surface area contributed by atoms with E-state index in [4.69, 9.17) is 4.42 Å². The van der Waals surface area contributed by atoms with Crippen molar-refractivity contribution in [1.82, 2.24) is 4.90 Å². The Bertz CT molecular complexity index is 872. The minimum absolute atomic E-state index is 0.173. The van der Waals surface area contributed by atoms with Gasteiger partial charge >= 0.3 is 0 Å². The molecular formula is C18H15FN2O3S. The molecule has 0 aliphatic heterocycles. The van der Waals surface area contributed by atoms with Gasteiger partial charge in [0, 0.05) is 13.6 Å². The smallest absolute Gasteiger partial charge is 0.291 e. The molecule has 5 nitrogen and oxygen atoms in total. The van der Waals surface area contributed by atoms with Gasteiger partial charge in [0.1, 0.15) is 5.82 Å². The van der Waals surface area contributed by atoms with Crippen LogP contribution in [-0.4, -0.2) is 23.8 Å². The lowest BCUT2D eigenvalue weighted by atomic mass is 10.2. The van der Waals surface area contributed by atoms with Crippen LogP contribution < -0.4 is 5.32 Å². The Hall–Kier alpha value is -2.93. The van der Waals surface area contributed by atoms with Crippen molar-refractivity contribution < 1.29 is 18.4 Å². The van der Waals surface area contributed by atoms with E-state index in [2.05, 4.69) is 5.32 Å². The van der Waals surface area contributed by atoms with Crippen molar-refractivity contribution in [3.63, 3.8) is 0 Å². The van der Waals surface area contributed by atoms with E-state index in [0.717, 1.165) is 5.56 Å². The standard InChI is InChI=1S/C18H15FN2O3S/c1-21(11-12-4-6-13(19)7-5-12)18(23)15-8-9-16(25-15)20-17(22)14-3-2-10-24-14/h2-10H,11H2,1H3,(H,20,22). The predicted octanol–water partition coefficient (Wildman–Crippen LogP) is 4.00. The fraction of sp³-hybridized carbons (Fsp3) is 0.111. The highest BCUT2D eigenvalue weighted by atomic mass is 32.1. The summed E-state index contributed by atoms with van der Waals surface area (Å²) in [6, 6.07) is 12.5. The maximum absolute atomic E-state index is 12.9. The molecule has 0 spiro atoms. The average molecular weight is 358 g/mol. The lowest BCUT2D eigenvalue weighted by Crippen LogP contribution is -2.25. The fourth-order valence-electron chi connectivity index (χ4n) is 2.22. The maximum atomic E-state index is 12.9. The highest BCUT2D eigenvalue weighted by molar-refractivity contribution is 7.18. The summed E-state index contributed by atoms with van der Waals surface area (Å²) in [6.45, 7) is 0.366. The highest BCUT2D eigenvalue weighted by Crippen LogP contribution is 2.24. The lowest BCUT2D eigenvalue weighted by Gasteiger charge is -2.16. The molecule has 25 heavy (non-hydrogen) atoms. The summed E-state index contributed by atoms with van der Waals surface area (Å²) in [6.07, 6.45) is 1.42. The molecule has 0 aliphatic rings. The molecule has 3 rings (SSSR count). The van der Waals surface area contributed by atoms with E-state index < -0.39 is 0 Å². The SMILES string of the molecule is CN(Cc1ccc(F)cc1)C(=O)c1ccc(NC(=O)c2ccco2)s1. The number of amides is 2. The van der Waals surface area contributed by atoms with Crippen LogP contribution in [-0.2, 0) is 6.54 Å². The zero-order chi connectivity index (χ0) is 17.8. The van der Waals surface area contributed by atoms with Gasteiger partial charge in [-0.2, -0.15) is 0 Å². The van der Waals surface area contributed by atoms with E-state index in [-0.39, 0.29) is 23.4 Å². The van der Waals surface area contributed by atoms with Gasteiger partial charge in [0.15, 0.2) is 5.76 Å². The summed E-state index contributed by atoms with van der Waals surface area (Å²) in [5.74, 6) is -0.652. The minimum Gasteiger partial charge on any atom is -0.459 e. The Labute approximate surface area is 147 Å². The molecule has 0 unspecified atom stereocenters. The zero-order valence-corrected chi connectivity index (χ0v) is 14.2. The second-order valence-electron chi connectivity index (χ2n) is 5.38. The molecule has 2 amide bonds. The largest absolute Gasteiger partial charge is 0.459 e. The van der Waals surface area contributed by atoms with Crippen molar-refractivity contribution in [3.05, 3.63) is 76.8 Å². The summed E-state index contributed by atoms with van der Waals surface area (Å²) in [7, 11) is 1.67. The summed E-state index contributed by atoms with van der Waals surface area (Å²) in [5.41, 5.74) is 0.833. The van der Waals surface area contributed by atoms with E-state index in [9.17, 15) is 14.0 Å². The number of carbonyl (C=O) groups excluding carboxylic acids is 2. The first-order valence-corrected chi connectivity index (χ1v) is 8.29. The first-order chi connectivity index (χ1) is 12.0. The van der Waals surface area contributed by atoms with Crippen LogP contribution in [0.4, 0.5) is 9.39 Å². The summed E-state index contributed by atoms with van der Waals surface area (Å²) in [4.78, 5) is 26.4. The van der Waals surface area contributed by atoms with Crippen molar-refractivity contribution in [3.8, 4) is 0 Å². The van der Waals surface area contributed by atoms with Crippen molar-refractivity contribution in [2.24, 2.45) is 0 Å². The number of nitrogens with one attached hydrogen (secondary N) is 1. The van der Waals surface area contributed by atoms with E-state index >= 15 is 0 Å². The number of nitrogens with zero attached hydrogens (tertiary/aromatic N) is 1. The second kappa shape index (κ2) is 7.31. The van der Waals surface area contributed by atoms with Crippen LogP contribution in [0.25, 0.3) is 0 Å². The predicted molar refractivity (Wildman–Crippen MR) is 93.2 cm³/mol. The van der Waals surface area contributed by atoms with Crippen LogP contribution in [0.3, 0.4) is 0 Å². The number of thiophene rings is 1. The molecule has 2 heterocycles. The topological polar surface area (TPSA) is 62.6 Å². The van der Waals surface area contributed by atoms with Crippen LogP contribution in [0.1, 0.15) is 25.8 Å². The number of rotatable bonds is 5. The van der Waals surface area contributed by atoms with Gasteiger partial charge in [0.05, 0.1) is 16.1 Å². The number of anilines is 1. The van der Waals surface area contributed by atoms with E-state index in [1.165, 1.54) is 34.6 Å². The molecular weight excluding hydrogens is 343 g/mol. The summed E-state index contributed by atoms with van der Waals surface area (Å²) < 4.78 is 18.0. The Kier molecular flexibility index (Phi) is 4.95. The average Bonchev–Trinajstić information content (AvgIpc) is 3.28. The first-order valence-electron chi connectivity index (χ1n) is 7.47. The molecule has 128 valence electrons. The molecule has 7 heteroatoms. The molecule has 0 radical (unpaired) electrons. The van der Waals surface area contributed by atoms with Gasteiger partial charge in [-0.15, -0.1) is 11.3 Å². The molecule has 0 saturated heterocycles. The van der Waals surface area contributed by atoms with Gasteiger partial charge < -0.3 is 14.6 Å². The number of furan rings is 1. The van der Waals surface area contributed by atoms with Crippen LogP contribution in [0.2, 0.25) is 0 Å². The minimum atomic E-state index is -0.370. The van der Waals surface area contributed by atoms with Gasteiger partial charge in [-0.05, 0) is 42.0 Å². The third-order valence-electron chi connectivity index (χ3n) is 3.48. The van der Waals surface area contributed by atoms with Crippen LogP contribution in [0, 0.1) is 5.82 Å². The molecule has 1 aromatic carbocycles. The van der Waals surface area contributed by atoms with Gasteiger partial charge in [0.2, 0.25) is 0 Å². The number of carbonyl (C=O) groups is 2. The Morgan fingerprint density at radius 3 is 2.60 bits per heavy atom. The van der Waals surface area contributed by atoms with E-state index in [0.29, 0.717) is 16.4 Å². The monoisotopic (exact) mass is 358 g/mol. The molecule has 0 aliphatic carbocycles. The number of halogens is 1. The van der Waals surface area contributed by atoms with Crippen LogP contribution in [0.15, 0.2) is 59.2 Å². The maximum Gasteiger partial charge on any atom is 0.291 e. The number of hydrogen-bond acceptors (Lipinski definition) is 4. The second-order valence-corrected chi connectivity index (χ2v) is 6.47. The number of hydrogen-bond donors (Lipinski definition) is 1. The van der Waals surface area contributed by atoms with Gasteiger partial charge in [0.25, 0.3) is 11.8 Å².